The van der Waals surface area contributed by atoms with E-state index in [9.17, 15) is 14.9 Å². The summed E-state index contributed by atoms with van der Waals surface area (Å²) in [5.41, 5.74) is 5.35. The first kappa shape index (κ1) is 11.7. The Bertz CT molecular complexity index is 468. The van der Waals surface area contributed by atoms with Crippen LogP contribution in [0.2, 0.25) is 0 Å². The molecule has 0 aliphatic rings. The van der Waals surface area contributed by atoms with Crippen LogP contribution in [0.1, 0.15) is 17.3 Å². The van der Waals surface area contributed by atoms with Gasteiger partial charge in [-0.15, -0.1) is 0 Å². The number of carbonyl (C=O) groups is 1. The van der Waals surface area contributed by atoms with Crippen molar-refractivity contribution in [1.82, 2.24) is 0 Å². The monoisotopic (exact) mass is 218 g/mol. The second kappa shape index (κ2) is 4.94. The molecule has 2 N–H and O–H groups in total. The quantitative estimate of drug-likeness (QED) is 0.272. The number of Topliss-reactive ketones (excluding diaryl/α,β-unsaturated/α-hetero) is 1. The second-order valence-electron chi connectivity index (χ2n) is 3.18. The van der Waals surface area contributed by atoms with Gasteiger partial charge < -0.3 is 5.73 Å². The molecule has 1 rings (SSSR count). The lowest BCUT2D eigenvalue weighted by Crippen LogP contribution is -2.09. The highest BCUT2D eigenvalue weighted by Gasteiger charge is 2.14. The molecule has 5 nitrogen and oxygen atoms in total. The highest BCUT2D eigenvalue weighted by molar-refractivity contribution is 5.99. The molecule has 0 heterocycles. The average molecular weight is 218 g/mol. The van der Waals surface area contributed by atoms with Crippen LogP contribution < -0.4 is 5.73 Å². The Hall–Kier alpha value is -2.35. The highest BCUT2D eigenvalue weighted by atomic mass is 16.6. The van der Waals surface area contributed by atoms with Gasteiger partial charge in [0, 0.05) is 23.7 Å². The van der Waals surface area contributed by atoms with E-state index in [-0.39, 0.29) is 11.5 Å². The van der Waals surface area contributed by atoms with Crippen LogP contribution in [-0.4, -0.2) is 10.7 Å². The van der Waals surface area contributed by atoms with Crippen molar-refractivity contribution in [1.29, 1.82) is 0 Å². The molecule has 0 bridgehead atoms. The van der Waals surface area contributed by atoms with E-state index < -0.39 is 10.8 Å². The van der Waals surface area contributed by atoms with Crippen molar-refractivity contribution in [2.24, 2.45) is 11.7 Å². The molecule has 0 aliphatic heterocycles. The molecule has 1 atom stereocenters. The van der Waals surface area contributed by atoms with Gasteiger partial charge >= 0.3 is 0 Å². The number of nitrogens with zero attached hydrogens (tertiary/aromatic N) is 1. The van der Waals surface area contributed by atoms with Gasteiger partial charge in [0.15, 0.2) is 5.78 Å². The maximum Gasteiger partial charge on any atom is 0.269 e. The molecule has 82 valence electrons. The summed E-state index contributed by atoms with van der Waals surface area (Å²) in [5.74, 6) is 1.82. The summed E-state index contributed by atoms with van der Waals surface area (Å²) < 4.78 is 0. The van der Waals surface area contributed by atoms with Crippen molar-refractivity contribution in [2.45, 2.75) is 6.92 Å². The van der Waals surface area contributed by atoms with E-state index in [1.54, 1.807) is 6.92 Å². The van der Waals surface area contributed by atoms with Crippen molar-refractivity contribution in [3.8, 4) is 12.0 Å². The third kappa shape index (κ3) is 2.58. The van der Waals surface area contributed by atoms with Gasteiger partial charge in [-0.1, -0.05) is 5.92 Å². The third-order valence-electron chi connectivity index (χ3n) is 2.06. The predicted molar refractivity (Wildman–Crippen MR) is 58.6 cm³/mol. The number of hydrogen-bond acceptors (Lipinski definition) is 4. The number of nitrogens with two attached hydrogens (primary N) is 1. The molecule has 0 aliphatic carbocycles. The summed E-state index contributed by atoms with van der Waals surface area (Å²) in [6.45, 7) is 1.63. The minimum absolute atomic E-state index is 0.0471. The Labute approximate surface area is 92.4 Å². The summed E-state index contributed by atoms with van der Waals surface area (Å²) in [6.07, 6.45) is 0. The summed E-state index contributed by atoms with van der Waals surface area (Å²) in [4.78, 5) is 21.6. The Balaban J connectivity index is 2.92. The van der Waals surface area contributed by atoms with Crippen LogP contribution in [0.5, 0.6) is 0 Å². The Morgan fingerprint density at radius 3 is 2.44 bits per heavy atom. The van der Waals surface area contributed by atoms with Crippen LogP contribution in [0.3, 0.4) is 0 Å². The zero-order chi connectivity index (χ0) is 12.1. The maximum absolute atomic E-state index is 11.7. The fourth-order valence-electron chi connectivity index (χ4n) is 1.19. The van der Waals surface area contributed by atoms with Crippen LogP contribution in [0.15, 0.2) is 24.3 Å². The number of nitro benzene ring substituents is 1. The fourth-order valence-corrected chi connectivity index (χ4v) is 1.19. The molecule has 0 fully saturated rings. The molecule has 0 amide bonds. The van der Waals surface area contributed by atoms with Gasteiger partial charge in [0.05, 0.1) is 10.8 Å². The first-order valence-electron chi connectivity index (χ1n) is 4.56. The summed E-state index contributed by atoms with van der Waals surface area (Å²) in [6, 6.07) is 7.57. The number of ketones is 1. The highest BCUT2D eigenvalue weighted by Crippen LogP contribution is 2.14. The van der Waals surface area contributed by atoms with Gasteiger partial charge in [-0.3, -0.25) is 14.9 Å². The van der Waals surface area contributed by atoms with Crippen LogP contribution >= 0.6 is 0 Å². The van der Waals surface area contributed by atoms with Crippen molar-refractivity contribution >= 4 is 11.5 Å². The normalized spacial score (nSPS) is 11.1. The van der Waals surface area contributed by atoms with Crippen molar-refractivity contribution in [3.63, 3.8) is 0 Å². The lowest BCUT2D eigenvalue weighted by atomic mass is 10.00. The van der Waals surface area contributed by atoms with Crippen LogP contribution in [0.4, 0.5) is 5.69 Å². The summed E-state index contributed by atoms with van der Waals surface area (Å²) in [7, 11) is 0. The van der Waals surface area contributed by atoms with Crippen molar-refractivity contribution in [3.05, 3.63) is 39.9 Å². The number of benzene rings is 1. The summed E-state index contributed by atoms with van der Waals surface area (Å²) >= 11 is 0. The van der Waals surface area contributed by atoms with Crippen LogP contribution in [0.25, 0.3) is 0 Å². The molecule has 0 aromatic heterocycles. The first-order valence-corrected chi connectivity index (χ1v) is 4.56. The van der Waals surface area contributed by atoms with E-state index in [2.05, 4.69) is 12.0 Å². The number of non-ortho nitro benzene ring substituents is 1. The largest absolute Gasteiger partial charge is 0.359 e. The smallest absolute Gasteiger partial charge is 0.269 e. The number of carbonyl (C=O) groups excluding carboxylic acids is 1. The molecule has 0 saturated heterocycles. The number of rotatable bonds is 3. The second-order valence-corrected chi connectivity index (χ2v) is 3.18. The molecular formula is C11H10N2O3. The Morgan fingerprint density at radius 1 is 1.44 bits per heavy atom. The van der Waals surface area contributed by atoms with E-state index in [1.165, 1.54) is 24.3 Å². The van der Waals surface area contributed by atoms with E-state index in [4.69, 9.17) is 5.73 Å². The van der Waals surface area contributed by atoms with Crippen molar-refractivity contribution < 1.29 is 9.72 Å². The SMILES string of the molecule is CC(C#CN)C(=O)c1ccc([N+](=O)[O-])cc1. The molecule has 0 spiro atoms. The zero-order valence-electron chi connectivity index (χ0n) is 8.64. The van der Waals surface area contributed by atoms with E-state index in [0.717, 1.165) is 0 Å². The van der Waals surface area contributed by atoms with Crippen molar-refractivity contribution in [2.75, 3.05) is 0 Å². The molecule has 5 heteroatoms. The van der Waals surface area contributed by atoms with E-state index in [1.807, 2.05) is 0 Å². The topological polar surface area (TPSA) is 86.2 Å². The van der Waals surface area contributed by atoms with Gasteiger partial charge in [-0.05, 0) is 19.1 Å². The maximum atomic E-state index is 11.7. The summed E-state index contributed by atoms with van der Waals surface area (Å²) in [5, 5.41) is 10.4. The van der Waals surface area contributed by atoms with Gasteiger partial charge in [0.25, 0.3) is 5.69 Å². The number of nitro groups is 1. The standard InChI is InChI=1S/C11H10N2O3/c1-8(6-7-12)11(14)9-2-4-10(5-3-9)13(15)16/h2-5,8H,12H2,1H3. The minimum atomic E-state index is -0.516. The van der Waals surface area contributed by atoms with Gasteiger partial charge in [-0.2, -0.15) is 0 Å². The molecule has 16 heavy (non-hydrogen) atoms. The number of hydrogen-bond donors (Lipinski definition) is 1. The fraction of sp³-hybridized carbons (Fsp3) is 0.182. The van der Waals surface area contributed by atoms with E-state index in [0.29, 0.717) is 5.56 Å². The minimum Gasteiger partial charge on any atom is -0.359 e. The van der Waals surface area contributed by atoms with Gasteiger partial charge in [0.1, 0.15) is 0 Å². The molecule has 1 aromatic carbocycles. The lowest BCUT2D eigenvalue weighted by molar-refractivity contribution is -0.384. The molecule has 1 unspecified atom stereocenters. The Morgan fingerprint density at radius 2 is 2.00 bits per heavy atom. The molecular weight excluding hydrogens is 208 g/mol. The van der Waals surface area contributed by atoms with Crippen LogP contribution in [0, 0.1) is 28.0 Å². The van der Waals surface area contributed by atoms with Crippen LogP contribution in [-0.2, 0) is 0 Å². The first-order chi connectivity index (χ1) is 7.56. The van der Waals surface area contributed by atoms with Gasteiger partial charge in [-0.25, -0.2) is 0 Å². The third-order valence-corrected chi connectivity index (χ3v) is 2.06. The molecule has 0 saturated carbocycles. The van der Waals surface area contributed by atoms with Gasteiger partial charge in [0.2, 0.25) is 0 Å². The average Bonchev–Trinajstić information content (AvgIpc) is 2.28. The predicted octanol–water partition coefficient (Wildman–Crippen LogP) is 1.33. The lowest BCUT2D eigenvalue weighted by Gasteiger charge is -2.02. The molecule has 0 radical (unpaired) electrons. The Kier molecular flexibility index (Phi) is 3.62. The van der Waals surface area contributed by atoms with E-state index >= 15 is 0 Å². The zero-order valence-corrected chi connectivity index (χ0v) is 8.64. The molecule has 1 aromatic rings.